The molecule has 1 aliphatic rings. The zero-order chi connectivity index (χ0) is 13.7. The highest BCUT2D eigenvalue weighted by atomic mass is 35.5. The van der Waals surface area contributed by atoms with Crippen molar-refractivity contribution in [3.05, 3.63) is 17.2 Å². The van der Waals surface area contributed by atoms with Crippen LogP contribution in [0, 0.1) is 5.92 Å². The molecule has 5 heteroatoms. The van der Waals surface area contributed by atoms with Crippen LogP contribution in [0.1, 0.15) is 12.8 Å². The molecule has 106 valence electrons. The van der Waals surface area contributed by atoms with Crippen molar-refractivity contribution in [1.29, 1.82) is 0 Å². The number of benzene rings is 1. The highest BCUT2D eigenvalue weighted by Gasteiger charge is 2.15. The number of halogens is 1. The molecule has 0 radical (unpaired) electrons. The van der Waals surface area contributed by atoms with Crippen LogP contribution in [0.5, 0.6) is 11.5 Å². The van der Waals surface area contributed by atoms with Crippen LogP contribution < -0.4 is 14.8 Å². The van der Waals surface area contributed by atoms with Crippen LogP contribution in [0.15, 0.2) is 12.1 Å². The van der Waals surface area contributed by atoms with Crippen LogP contribution >= 0.6 is 11.6 Å². The Hall–Kier alpha value is -1.13. The van der Waals surface area contributed by atoms with E-state index in [-0.39, 0.29) is 0 Å². The molecule has 1 aliphatic heterocycles. The molecule has 0 spiro atoms. The second-order valence-corrected chi connectivity index (χ2v) is 5.06. The van der Waals surface area contributed by atoms with Gasteiger partial charge in [-0.2, -0.15) is 0 Å². The van der Waals surface area contributed by atoms with Gasteiger partial charge in [0.05, 0.1) is 31.5 Å². The molecule has 0 bridgehead atoms. The van der Waals surface area contributed by atoms with E-state index in [4.69, 9.17) is 25.8 Å². The summed E-state index contributed by atoms with van der Waals surface area (Å²) in [5.41, 5.74) is 0.898. The quantitative estimate of drug-likeness (QED) is 0.902. The molecule has 2 rings (SSSR count). The minimum Gasteiger partial charge on any atom is -0.495 e. The van der Waals surface area contributed by atoms with E-state index < -0.39 is 0 Å². The van der Waals surface area contributed by atoms with Gasteiger partial charge in [0.2, 0.25) is 0 Å². The molecule has 0 aliphatic carbocycles. The predicted octanol–water partition coefficient (Wildman–Crippen LogP) is 3.20. The van der Waals surface area contributed by atoms with Gasteiger partial charge in [-0.3, -0.25) is 0 Å². The lowest BCUT2D eigenvalue weighted by atomic mass is 10.0. The maximum Gasteiger partial charge on any atom is 0.143 e. The summed E-state index contributed by atoms with van der Waals surface area (Å²) in [4.78, 5) is 0. The normalized spacial score (nSPS) is 19.0. The lowest BCUT2D eigenvalue weighted by molar-refractivity contribution is 0.0595. The molecule has 1 saturated heterocycles. The summed E-state index contributed by atoms with van der Waals surface area (Å²) in [5.74, 6) is 1.91. The molecule has 1 fully saturated rings. The summed E-state index contributed by atoms with van der Waals surface area (Å²) < 4.78 is 16.0. The van der Waals surface area contributed by atoms with Crippen LogP contribution in [-0.4, -0.2) is 34.0 Å². The minimum atomic E-state index is 0.542. The molecule has 0 saturated carbocycles. The van der Waals surface area contributed by atoms with Gasteiger partial charge in [0.1, 0.15) is 11.5 Å². The third-order valence-corrected chi connectivity index (χ3v) is 3.61. The van der Waals surface area contributed by atoms with E-state index in [9.17, 15) is 0 Å². The molecule has 1 aromatic rings. The number of hydrogen-bond acceptors (Lipinski definition) is 4. The molecule has 0 aromatic heterocycles. The first-order valence-electron chi connectivity index (χ1n) is 6.47. The highest BCUT2D eigenvalue weighted by molar-refractivity contribution is 6.32. The Morgan fingerprint density at radius 3 is 2.74 bits per heavy atom. The summed E-state index contributed by atoms with van der Waals surface area (Å²) >= 11 is 6.08. The largest absolute Gasteiger partial charge is 0.495 e. The van der Waals surface area contributed by atoms with Crippen molar-refractivity contribution in [2.45, 2.75) is 12.8 Å². The molecule has 1 N–H and O–H groups in total. The highest BCUT2D eigenvalue weighted by Crippen LogP contribution is 2.36. The molecule has 4 nitrogen and oxygen atoms in total. The second kappa shape index (κ2) is 6.87. The molecule has 1 aromatic carbocycles. The topological polar surface area (TPSA) is 39.7 Å². The SMILES string of the molecule is COc1cc(NCC2CCCOC2)c(OC)cc1Cl. The molecule has 19 heavy (non-hydrogen) atoms. The van der Waals surface area contributed by atoms with Crippen LogP contribution in [0.2, 0.25) is 5.02 Å². The van der Waals surface area contributed by atoms with Gasteiger partial charge in [-0.05, 0) is 18.8 Å². The van der Waals surface area contributed by atoms with E-state index >= 15 is 0 Å². The zero-order valence-electron chi connectivity index (χ0n) is 11.4. The number of rotatable bonds is 5. The summed E-state index contributed by atoms with van der Waals surface area (Å²) in [6, 6.07) is 3.63. The monoisotopic (exact) mass is 285 g/mol. The Bertz CT molecular complexity index is 419. The third kappa shape index (κ3) is 3.67. The minimum absolute atomic E-state index is 0.542. The van der Waals surface area contributed by atoms with E-state index in [1.807, 2.05) is 6.07 Å². The fraction of sp³-hybridized carbons (Fsp3) is 0.571. The van der Waals surface area contributed by atoms with Crippen LogP contribution in [-0.2, 0) is 4.74 Å². The van der Waals surface area contributed by atoms with Crippen LogP contribution in [0.4, 0.5) is 5.69 Å². The van der Waals surface area contributed by atoms with Crippen molar-refractivity contribution >= 4 is 17.3 Å². The van der Waals surface area contributed by atoms with Gasteiger partial charge in [0.25, 0.3) is 0 Å². The van der Waals surface area contributed by atoms with Crippen LogP contribution in [0.3, 0.4) is 0 Å². The van der Waals surface area contributed by atoms with Gasteiger partial charge in [0.15, 0.2) is 0 Å². The van der Waals surface area contributed by atoms with Crippen molar-refractivity contribution in [1.82, 2.24) is 0 Å². The average molecular weight is 286 g/mol. The molecular formula is C14H20ClNO3. The van der Waals surface area contributed by atoms with Crippen LogP contribution in [0.25, 0.3) is 0 Å². The van der Waals surface area contributed by atoms with Crippen molar-refractivity contribution in [2.24, 2.45) is 5.92 Å². The van der Waals surface area contributed by atoms with E-state index in [1.54, 1.807) is 20.3 Å². The first-order valence-corrected chi connectivity index (χ1v) is 6.85. The number of methoxy groups -OCH3 is 2. The lowest BCUT2D eigenvalue weighted by Gasteiger charge is -2.23. The smallest absolute Gasteiger partial charge is 0.143 e. The Morgan fingerprint density at radius 2 is 2.11 bits per heavy atom. The molecule has 1 atom stereocenters. The summed E-state index contributed by atoms with van der Waals surface area (Å²) in [6.45, 7) is 2.57. The predicted molar refractivity (Wildman–Crippen MR) is 76.6 cm³/mol. The maximum absolute atomic E-state index is 6.08. The van der Waals surface area contributed by atoms with Crippen molar-refractivity contribution in [3.8, 4) is 11.5 Å². The number of anilines is 1. The van der Waals surface area contributed by atoms with E-state index in [1.165, 1.54) is 6.42 Å². The fourth-order valence-corrected chi connectivity index (χ4v) is 2.45. The van der Waals surface area contributed by atoms with E-state index in [0.29, 0.717) is 16.7 Å². The standard InChI is InChI=1S/C14H20ClNO3/c1-17-13-7-12(14(18-2)6-11(13)15)16-8-10-4-3-5-19-9-10/h6-7,10,16H,3-5,8-9H2,1-2H3. The van der Waals surface area contributed by atoms with Crippen molar-refractivity contribution in [2.75, 3.05) is 39.3 Å². The van der Waals surface area contributed by atoms with E-state index in [2.05, 4.69) is 5.32 Å². The summed E-state index contributed by atoms with van der Waals surface area (Å²) in [5, 5.41) is 3.94. The molecule has 1 unspecified atom stereocenters. The molecule has 1 heterocycles. The Labute approximate surface area is 119 Å². The maximum atomic E-state index is 6.08. The van der Waals surface area contributed by atoms with Gasteiger partial charge in [-0.1, -0.05) is 11.6 Å². The molecular weight excluding hydrogens is 266 g/mol. The van der Waals surface area contributed by atoms with Gasteiger partial charge in [-0.25, -0.2) is 0 Å². The number of nitrogens with one attached hydrogen (secondary N) is 1. The summed E-state index contributed by atoms with van der Waals surface area (Å²) in [7, 11) is 3.24. The van der Waals surface area contributed by atoms with Gasteiger partial charge >= 0.3 is 0 Å². The molecule has 0 amide bonds. The Morgan fingerprint density at radius 1 is 1.32 bits per heavy atom. The van der Waals surface area contributed by atoms with Crippen molar-refractivity contribution in [3.63, 3.8) is 0 Å². The van der Waals surface area contributed by atoms with Crippen molar-refractivity contribution < 1.29 is 14.2 Å². The number of hydrogen-bond donors (Lipinski definition) is 1. The first kappa shape index (κ1) is 14.3. The third-order valence-electron chi connectivity index (χ3n) is 3.31. The van der Waals surface area contributed by atoms with Gasteiger partial charge in [0, 0.05) is 25.3 Å². The second-order valence-electron chi connectivity index (χ2n) is 4.65. The van der Waals surface area contributed by atoms with E-state index in [0.717, 1.165) is 37.6 Å². The Balaban J connectivity index is 2.05. The fourth-order valence-electron chi connectivity index (χ4n) is 2.22. The average Bonchev–Trinajstić information content (AvgIpc) is 2.46. The zero-order valence-corrected chi connectivity index (χ0v) is 12.1. The summed E-state index contributed by atoms with van der Waals surface area (Å²) in [6.07, 6.45) is 2.33. The lowest BCUT2D eigenvalue weighted by Crippen LogP contribution is -2.24. The van der Waals surface area contributed by atoms with Gasteiger partial charge in [-0.15, -0.1) is 0 Å². The number of ether oxygens (including phenoxy) is 3. The Kier molecular flexibility index (Phi) is 5.16. The first-order chi connectivity index (χ1) is 9.24. The van der Waals surface area contributed by atoms with Gasteiger partial charge < -0.3 is 19.5 Å².